The van der Waals surface area contributed by atoms with Crippen LogP contribution in [0.4, 0.5) is 0 Å². The number of hydrogen-bond donors (Lipinski definition) is 2. The van der Waals surface area contributed by atoms with E-state index in [2.05, 4.69) is 20.9 Å². The monoisotopic (exact) mass is 263 g/mol. The molecular formula is C13H21N5O. The molecule has 1 aliphatic carbocycles. The van der Waals surface area contributed by atoms with E-state index >= 15 is 0 Å². The molecule has 6 heteroatoms. The molecule has 2 heterocycles. The molecule has 1 saturated carbocycles. The normalized spacial score (nSPS) is 24.4. The summed E-state index contributed by atoms with van der Waals surface area (Å²) in [4.78, 5) is 12.1. The molecule has 1 aromatic heterocycles. The van der Waals surface area contributed by atoms with Crippen molar-refractivity contribution in [3.8, 4) is 0 Å². The van der Waals surface area contributed by atoms with Crippen molar-refractivity contribution in [1.82, 2.24) is 25.6 Å². The molecule has 1 aliphatic heterocycles. The van der Waals surface area contributed by atoms with Gasteiger partial charge in [-0.3, -0.25) is 9.48 Å². The Morgan fingerprint density at radius 1 is 1.63 bits per heavy atom. The van der Waals surface area contributed by atoms with E-state index in [4.69, 9.17) is 0 Å². The lowest BCUT2D eigenvalue weighted by atomic mass is 9.73. The van der Waals surface area contributed by atoms with Gasteiger partial charge >= 0.3 is 0 Å². The van der Waals surface area contributed by atoms with Gasteiger partial charge in [0.05, 0.1) is 12.1 Å². The fraction of sp³-hybridized carbons (Fsp3) is 0.769. The molecule has 2 fully saturated rings. The van der Waals surface area contributed by atoms with Crippen LogP contribution in [0.15, 0.2) is 6.20 Å². The van der Waals surface area contributed by atoms with Gasteiger partial charge in [0, 0.05) is 24.3 Å². The Morgan fingerprint density at radius 3 is 3.11 bits per heavy atom. The maximum absolute atomic E-state index is 12.1. The lowest BCUT2D eigenvalue weighted by molar-refractivity contribution is -0.121. The second-order valence-electron chi connectivity index (χ2n) is 5.59. The molecule has 104 valence electrons. The van der Waals surface area contributed by atoms with Gasteiger partial charge in [0.25, 0.3) is 0 Å². The van der Waals surface area contributed by atoms with Crippen LogP contribution in [0.25, 0.3) is 0 Å². The largest absolute Gasteiger partial charge is 0.351 e. The Hall–Kier alpha value is -1.43. The van der Waals surface area contributed by atoms with Crippen molar-refractivity contribution >= 4 is 5.91 Å². The van der Waals surface area contributed by atoms with Gasteiger partial charge in [-0.05, 0) is 39.2 Å². The van der Waals surface area contributed by atoms with Crippen LogP contribution in [0, 0.1) is 0 Å². The van der Waals surface area contributed by atoms with Crippen molar-refractivity contribution in [1.29, 1.82) is 0 Å². The van der Waals surface area contributed by atoms with Crippen LogP contribution in [0.5, 0.6) is 0 Å². The van der Waals surface area contributed by atoms with Gasteiger partial charge in [-0.15, -0.1) is 5.10 Å². The number of nitrogens with one attached hydrogen (secondary N) is 2. The molecule has 1 unspecified atom stereocenters. The van der Waals surface area contributed by atoms with Gasteiger partial charge in [0.15, 0.2) is 0 Å². The first-order chi connectivity index (χ1) is 9.22. The number of amides is 1. The molecule has 0 aromatic carbocycles. The summed E-state index contributed by atoms with van der Waals surface area (Å²) in [6.07, 6.45) is 6.84. The maximum atomic E-state index is 12.1. The third-order valence-electron chi connectivity index (χ3n) is 4.41. The minimum atomic E-state index is 0.0585. The third kappa shape index (κ3) is 2.36. The number of aryl methyl sites for hydroxylation is 1. The number of aromatic nitrogens is 3. The third-order valence-corrected chi connectivity index (χ3v) is 4.41. The van der Waals surface area contributed by atoms with Crippen molar-refractivity contribution in [3.05, 3.63) is 11.9 Å². The molecule has 6 nitrogen and oxygen atoms in total. The van der Waals surface area contributed by atoms with Gasteiger partial charge in [-0.2, -0.15) is 0 Å². The maximum Gasteiger partial charge on any atom is 0.226 e. The molecular weight excluding hydrogens is 242 g/mol. The second kappa shape index (κ2) is 4.92. The standard InChI is InChI=1S/C13H21N5O/c1-2-18-9-10(16-17-18)8-12(19)15-11-4-7-14-13(11)5-3-6-13/h9,11,14H,2-8H2,1H3,(H,15,19). The highest BCUT2D eigenvalue weighted by atomic mass is 16.1. The first kappa shape index (κ1) is 12.6. The predicted molar refractivity (Wildman–Crippen MR) is 70.5 cm³/mol. The average Bonchev–Trinajstić information content (AvgIpc) is 2.94. The Kier molecular flexibility index (Phi) is 3.26. The Balaban J connectivity index is 1.56. The fourth-order valence-corrected chi connectivity index (χ4v) is 3.14. The van der Waals surface area contributed by atoms with Gasteiger partial charge in [-0.1, -0.05) is 5.21 Å². The smallest absolute Gasteiger partial charge is 0.226 e. The Morgan fingerprint density at radius 2 is 2.47 bits per heavy atom. The van der Waals surface area contributed by atoms with E-state index in [1.165, 1.54) is 19.3 Å². The zero-order valence-electron chi connectivity index (χ0n) is 11.4. The highest BCUT2D eigenvalue weighted by Crippen LogP contribution is 2.39. The number of carbonyl (C=O) groups is 1. The van der Waals surface area contributed by atoms with Crippen LogP contribution in [-0.2, 0) is 17.8 Å². The minimum absolute atomic E-state index is 0.0585. The lowest BCUT2D eigenvalue weighted by Gasteiger charge is -2.43. The molecule has 19 heavy (non-hydrogen) atoms. The van der Waals surface area contributed by atoms with Crippen LogP contribution in [0.2, 0.25) is 0 Å². The zero-order valence-corrected chi connectivity index (χ0v) is 11.4. The van der Waals surface area contributed by atoms with E-state index < -0.39 is 0 Å². The van der Waals surface area contributed by atoms with Crippen LogP contribution in [-0.4, -0.2) is 39.0 Å². The molecule has 1 spiro atoms. The molecule has 1 amide bonds. The van der Waals surface area contributed by atoms with E-state index in [-0.39, 0.29) is 17.5 Å². The summed E-state index contributed by atoms with van der Waals surface area (Å²) in [6, 6.07) is 0.287. The van der Waals surface area contributed by atoms with Gasteiger partial charge in [0.2, 0.25) is 5.91 Å². The Labute approximate surface area is 112 Å². The van der Waals surface area contributed by atoms with Crippen molar-refractivity contribution in [2.75, 3.05) is 6.54 Å². The number of hydrogen-bond acceptors (Lipinski definition) is 4. The summed E-state index contributed by atoms with van der Waals surface area (Å²) in [7, 11) is 0. The molecule has 1 saturated heterocycles. The topological polar surface area (TPSA) is 71.8 Å². The lowest BCUT2D eigenvalue weighted by Crippen LogP contribution is -2.59. The van der Waals surface area contributed by atoms with Gasteiger partial charge in [0.1, 0.15) is 0 Å². The minimum Gasteiger partial charge on any atom is -0.351 e. The molecule has 3 rings (SSSR count). The van der Waals surface area contributed by atoms with E-state index in [1.807, 2.05) is 13.1 Å². The summed E-state index contributed by atoms with van der Waals surface area (Å²) in [6.45, 7) is 3.80. The molecule has 2 aliphatic rings. The molecule has 0 bridgehead atoms. The SMILES string of the molecule is CCn1cc(CC(=O)NC2CCNC23CCC3)nn1. The molecule has 1 atom stereocenters. The second-order valence-corrected chi connectivity index (χ2v) is 5.59. The van der Waals surface area contributed by atoms with E-state index in [1.54, 1.807) is 4.68 Å². The summed E-state index contributed by atoms with van der Waals surface area (Å²) in [5, 5.41) is 14.7. The van der Waals surface area contributed by atoms with Crippen molar-refractivity contribution < 1.29 is 4.79 Å². The highest BCUT2D eigenvalue weighted by molar-refractivity contribution is 5.78. The summed E-state index contributed by atoms with van der Waals surface area (Å²) in [5.41, 5.74) is 0.935. The average molecular weight is 263 g/mol. The fourth-order valence-electron chi connectivity index (χ4n) is 3.14. The first-order valence-corrected chi connectivity index (χ1v) is 7.15. The first-order valence-electron chi connectivity index (χ1n) is 7.15. The van der Waals surface area contributed by atoms with E-state index in [0.29, 0.717) is 6.42 Å². The highest BCUT2D eigenvalue weighted by Gasteiger charge is 2.47. The number of rotatable bonds is 4. The number of carbonyl (C=O) groups excluding carboxylic acids is 1. The van der Waals surface area contributed by atoms with Gasteiger partial charge < -0.3 is 10.6 Å². The van der Waals surface area contributed by atoms with Crippen LogP contribution in [0.1, 0.15) is 38.3 Å². The summed E-state index contributed by atoms with van der Waals surface area (Å²) >= 11 is 0. The molecule has 1 aromatic rings. The van der Waals surface area contributed by atoms with Crippen LogP contribution < -0.4 is 10.6 Å². The van der Waals surface area contributed by atoms with Crippen molar-refractivity contribution in [2.45, 2.75) is 57.2 Å². The van der Waals surface area contributed by atoms with Crippen LogP contribution >= 0.6 is 0 Å². The molecule has 2 N–H and O–H groups in total. The predicted octanol–water partition coefficient (Wildman–Crippen LogP) is 0.241. The van der Waals surface area contributed by atoms with E-state index in [9.17, 15) is 4.79 Å². The summed E-state index contributed by atoms with van der Waals surface area (Å²) < 4.78 is 1.74. The van der Waals surface area contributed by atoms with Gasteiger partial charge in [-0.25, -0.2) is 0 Å². The Bertz CT molecular complexity index is 465. The van der Waals surface area contributed by atoms with E-state index in [0.717, 1.165) is 25.2 Å². The summed E-state index contributed by atoms with van der Waals surface area (Å²) in [5.74, 6) is 0.0585. The quantitative estimate of drug-likeness (QED) is 0.816. The number of nitrogens with zero attached hydrogens (tertiary/aromatic N) is 3. The molecule has 0 radical (unpaired) electrons. The zero-order chi connectivity index (χ0) is 13.3. The van der Waals surface area contributed by atoms with Crippen molar-refractivity contribution in [3.63, 3.8) is 0 Å². The van der Waals surface area contributed by atoms with Crippen molar-refractivity contribution in [2.24, 2.45) is 0 Å². The van der Waals surface area contributed by atoms with Crippen LogP contribution in [0.3, 0.4) is 0 Å².